The topological polar surface area (TPSA) is 29.5 Å². The third-order valence-electron chi connectivity index (χ3n) is 4.11. The van der Waals surface area contributed by atoms with Crippen molar-refractivity contribution >= 4 is 5.78 Å². The fourth-order valence-electron chi connectivity index (χ4n) is 2.76. The first-order valence-corrected chi connectivity index (χ1v) is 8.63. The quantitative estimate of drug-likeness (QED) is 0.708. The van der Waals surface area contributed by atoms with Gasteiger partial charge in [0.05, 0.1) is 6.61 Å². The van der Waals surface area contributed by atoms with E-state index in [-0.39, 0.29) is 5.78 Å². The zero-order valence-electron chi connectivity index (χ0n) is 14.0. The van der Waals surface area contributed by atoms with Crippen LogP contribution in [0.2, 0.25) is 0 Å². The fraction of sp³-hybridized carbons (Fsp3) is 0.632. The summed E-state index contributed by atoms with van der Waals surface area (Å²) >= 11 is 0. The molecule has 1 saturated heterocycles. The highest BCUT2D eigenvalue weighted by Gasteiger charge is 2.12. The van der Waals surface area contributed by atoms with Crippen LogP contribution in [0.3, 0.4) is 0 Å². The second-order valence-corrected chi connectivity index (χ2v) is 6.66. The lowest BCUT2D eigenvalue weighted by Crippen LogP contribution is -2.27. The molecule has 0 unspecified atom stereocenters. The SMILES string of the molecule is CC(C)COc1ccc(C(=O)CCN2CCCCCC2)cc1. The minimum absolute atomic E-state index is 0.236. The van der Waals surface area contributed by atoms with Crippen LogP contribution >= 0.6 is 0 Å². The number of carbonyl (C=O) groups is 1. The number of ether oxygens (including phenoxy) is 1. The summed E-state index contributed by atoms with van der Waals surface area (Å²) in [6.07, 6.45) is 5.84. The molecule has 3 nitrogen and oxygen atoms in total. The van der Waals surface area contributed by atoms with Gasteiger partial charge in [-0.1, -0.05) is 26.7 Å². The average Bonchev–Trinajstić information content (AvgIpc) is 2.80. The predicted octanol–water partition coefficient (Wildman–Crippen LogP) is 4.17. The molecular weight excluding hydrogens is 274 g/mol. The van der Waals surface area contributed by atoms with Gasteiger partial charge in [0.1, 0.15) is 5.75 Å². The van der Waals surface area contributed by atoms with Crippen LogP contribution in [-0.4, -0.2) is 36.9 Å². The van der Waals surface area contributed by atoms with Crippen LogP contribution in [0.25, 0.3) is 0 Å². The van der Waals surface area contributed by atoms with Crippen molar-refractivity contribution in [2.24, 2.45) is 5.92 Å². The van der Waals surface area contributed by atoms with Crippen LogP contribution in [0.1, 0.15) is 56.3 Å². The molecule has 122 valence electrons. The zero-order valence-corrected chi connectivity index (χ0v) is 14.0. The summed E-state index contributed by atoms with van der Waals surface area (Å²) < 4.78 is 5.65. The molecule has 0 aromatic heterocycles. The van der Waals surface area contributed by atoms with E-state index in [1.165, 1.54) is 25.7 Å². The molecule has 1 aliphatic heterocycles. The number of nitrogens with zero attached hydrogens (tertiary/aromatic N) is 1. The van der Waals surface area contributed by atoms with E-state index in [1.54, 1.807) is 0 Å². The van der Waals surface area contributed by atoms with E-state index in [1.807, 2.05) is 24.3 Å². The Morgan fingerprint density at radius 3 is 2.32 bits per heavy atom. The third-order valence-corrected chi connectivity index (χ3v) is 4.11. The molecule has 0 N–H and O–H groups in total. The summed E-state index contributed by atoms with van der Waals surface area (Å²) in [5.74, 6) is 1.59. The number of ketones is 1. The molecule has 0 saturated carbocycles. The molecule has 0 amide bonds. The molecular formula is C19H29NO2. The lowest BCUT2D eigenvalue weighted by atomic mass is 10.1. The largest absolute Gasteiger partial charge is 0.493 e. The Hall–Kier alpha value is -1.35. The van der Waals surface area contributed by atoms with Crippen molar-refractivity contribution in [1.29, 1.82) is 0 Å². The second-order valence-electron chi connectivity index (χ2n) is 6.66. The molecule has 1 aliphatic rings. The molecule has 1 aromatic rings. The van der Waals surface area contributed by atoms with E-state index in [4.69, 9.17) is 4.74 Å². The summed E-state index contributed by atoms with van der Waals surface area (Å²) in [5.41, 5.74) is 0.798. The van der Waals surface area contributed by atoms with Crippen LogP contribution in [0.4, 0.5) is 0 Å². The number of hydrogen-bond donors (Lipinski definition) is 0. The third kappa shape index (κ3) is 5.80. The molecule has 0 aliphatic carbocycles. The van der Waals surface area contributed by atoms with E-state index < -0.39 is 0 Å². The molecule has 0 bridgehead atoms. The first-order chi connectivity index (χ1) is 10.6. The standard InChI is InChI=1S/C19H29NO2/c1-16(2)15-22-18-9-7-17(8-10-18)19(21)11-14-20-12-5-3-4-6-13-20/h7-10,16H,3-6,11-15H2,1-2H3. The average molecular weight is 303 g/mol. The lowest BCUT2D eigenvalue weighted by Gasteiger charge is -2.19. The molecule has 1 fully saturated rings. The van der Waals surface area contributed by atoms with E-state index >= 15 is 0 Å². The summed E-state index contributed by atoms with van der Waals surface area (Å²) in [6.45, 7) is 8.15. The van der Waals surface area contributed by atoms with Gasteiger partial charge in [-0.3, -0.25) is 4.79 Å². The van der Waals surface area contributed by atoms with Gasteiger partial charge < -0.3 is 9.64 Å². The van der Waals surface area contributed by atoms with Gasteiger partial charge in [-0.2, -0.15) is 0 Å². The van der Waals surface area contributed by atoms with E-state index in [0.717, 1.165) is 30.9 Å². The normalized spacial score (nSPS) is 16.5. The highest BCUT2D eigenvalue weighted by Crippen LogP contribution is 2.15. The van der Waals surface area contributed by atoms with Crippen molar-refractivity contribution in [3.05, 3.63) is 29.8 Å². The Labute approximate surface area is 134 Å². The molecule has 1 heterocycles. The van der Waals surface area contributed by atoms with Crippen LogP contribution in [0, 0.1) is 5.92 Å². The first kappa shape index (κ1) is 17.0. The Kier molecular flexibility index (Phi) is 6.91. The second kappa shape index (κ2) is 8.94. The number of rotatable bonds is 7. The molecule has 22 heavy (non-hydrogen) atoms. The summed E-state index contributed by atoms with van der Waals surface area (Å²) in [7, 11) is 0. The highest BCUT2D eigenvalue weighted by atomic mass is 16.5. The van der Waals surface area contributed by atoms with Gasteiger partial charge in [0.15, 0.2) is 5.78 Å². The van der Waals surface area contributed by atoms with Gasteiger partial charge >= 0.3 is 0 Å². The van der Waals surface area contributed by atoms with E-state index in [2.05, 4.69) is 18.7 Å². The van der Waals surface area contributed by atoms with Gasteiger partial charge in [0.2, 0.25) is 0 Å². The van der Waals surface area contributed by atoms with Gasteiger partial charge in [-0.15, -0.1) is 0 Å². The number of benzene rings is 1. The minimum atomic E-state index is 0.236. The Morgan fingerprint density at radius 2 is 1.73 bits per heavy atom. The number of Topliss-reactive ketones (excluding diaryl/α,β-unsaturated/α-hetero) is 1. The van der Waals surface area contributed by atoms with E-state index in [9.17, 15) is 4.79 Å². The molecule has 1 aromatic carbocycles. The van der Waals surface area contributed by atoms with Gasteiger partial charge in [0.25, 0.3) is 0 Å². The smallest absolute Gasteiger partial charge is 0.164 e. The number of likely N-dealkylation sites (tertiary alicyclic amines) is 1. The van der Waals surface area contributed by atoms with Crippen LogP contribution in [-0.2, 0) is 0 Å². The minimum Gasteiger partial charge on any atom is -0.493 e. The van der Waals surface area contributed by atoms with Gasteiger partial charge in [-0.25, -0.2) is 0 Å². The highest BCUT2D eigenvalue weighted by molar-refractivity contribution is 5.96. The van der Waals surface area contributed by atoms with Crippen molar-refractivity contribution in [3.63, 3.8) is 0 Å². The maximum atomic E-state index is 12.3. The number of carbonyl (C=O) groups excluding carboxylic acids is 1. The van der Waals surface area contributed by atoms with Crippen LogP contribution in [0.15, 0.2) is 24.3 Å². The van der Waals surface area contributed by atoms with Crippen molar-refractivity contribution < 1.29 is 9.53 Å². The monoisotopic (exact) mass is 303 g/mol. The van der Waals surface area contributed by atoms with Gasteiger partial charge in [-0.05, 0) is 56.1 Å². The Morgan fingerprint density at radius 1 is 1.09 bits per heavy atom. The van der Waals surface area contributed by atoms with Crippen molar-refractivity contribution in [2.75, 3.05) is 26.2 Å². The molecule has 0 radical (unpaired) electrons. The molecule has 3 heteroatoms. The van der Waals surface area contributed by atoms with E-state index in [0.29, 0.717) is 18.9 Å². The lowest BCUT2D eigenvalue weighted by molar-refractivity contribution is 0.0965. The summed E-state index contributed by atoms with van der Waals surface area (Å²) in [6, 6.07) is 7.59. The van der Waals surface area contributed by atoms with Crippen LogP contribution in [0.5, 0.6) is 5.75 Å². The van der Waals surface area contributed by atoms with Crippen molar-refractivity contribution in [2.45, 2.75) is 46.0 Å². The Balaban J connectivity index is 1.79. The maximum Gasteiger partial charge on any atom is 0.164 e. The summed E-state index contributed by atoms with van der Waals surface area (Å²) in [5, 5.41) is 0. The number of hydrogen-bond acceptors (Lipinski definition) is 3. The van der Waals surface area contributed by atoms with Crippen LogP contribution < -0.4 is 4.74 Å². The molecule has 0 atom stereocenters. The predicted molar refractivity (Wildman–Crippen MR) is 90.6 cm³/mol. The zero-order chi connectivity index (χ0) is 15.8. The molecule has 0 spiro atoms. The first-order valence-electron chi connectivity index (χ1n) is 8.63. The Bertz CT molecular complexity index is 445. The fourth-order valence-corrected chi connectivity index (χ4v) is 2.76. The van der Waals surface area contributed by atoms with Gasteiger partial charge in [0, 0.05) is 18.5 Å². The summed E-state index contributed by atoms with van der Waals surface area (Å²) in [4.78, 5) is 14.7. The maximum absolute atomic E-state index is 12.3. The molecule has 2 rings (SSSR count). The van der Waals surface area contributed by atoms with Crippen molar-refractivity contribution in [3.8, 4) is 5.75 Å². The van der Waals surface area contributed by atoms with Crippen molar-refractivity contribution in [1.82, 2.24) is 4.90 Å².